The van der Waals surface area contributed by atoms with E-state index in [2.05, 4.69) is 0 Å². The summed E-state index contributed by atoms with van der Waals surface area (Å²) in [7, 11) is 0. The van der Waals surface area contributed by atoms with Gasteiger partial charge in [-0.25, -0.2) is 4.79 Å². The Morgan fingerprint density at radius 3 is 1.89 bits per heavy atom. The van der Waals surface area contributed by atoms with Gasteiger partial charge in [0.2, 0.25) is 0 Å². The van der Waals surface area contributed by atoms with E-state index in [1.54, 1.807) is 6.92 Å². The molecule has 102 valence electrons. The molecule has 0 unspecified atom stereocenters. The van der Waals surface area contributed by atoms with Crippen LogP contribution in [-0.2, 0) is 9.53 Å². The van der Waals surface area contributed by atoms with Crippen LogP contribution in [0.25, 0.3) is 0 Å². The van der Waals surface area contributed by atoms with Crippen LogP contribution in [0.2, 0.25) is 0 Å². The molecule has 0 saturated heterocycles. The average Bonchev–Trinajstić information content (AvgIpc) is 2.34. The van der Waals surface area contributed by atoms with Gasteiger partial charge in [-0.05, 0) is 27.2 Å². The van der Waals surface area contributed by atoms with Gasteiger partial charge in [-0.15, -0.1) is 0 Å². The number of rotatable bonds is 7. The van der Waals surface area contributed by atoms with Crippen molar-refractivity contribution in [1.82, 2.24) is 0 Å². The molecule has 0 aromatic rings. The molecule has 6 heteroatoms. The molecule has 3 N–H and O–H groups in total. The van der Waals surface area contributed by atoms with E-state index in [1.165, 1.54) is 0 Å². The Morgan fingerprint density at radius 1 is 1.11 bits per heavy atom. The summed E-state index contributed by atoms with van der Waals surface area (Å²) in [4.78, 5) is 11.5. The molecule has 0 aliphatic heterocycles. The molecule has 0 amide bonds. The third-order valence-electron chi connectivity index (χ3n) is 2.93. The smallest absolute Gasteiger partial charge is 1.00 e. The van der Waals surface area contributed by atoms with Crippen LogP contribution < -0.4 is 51.4 Å². The van der Waals surface area contributed by atoms with Crippen molar-refractivity contribution in [2.24, 2.45) is 5.41 Å². The van der Waals surface area contributed by atoms with Crippen molar-refractivity contribution < 1.29 is 77.7 Å². The first-order valence-electron chi connectivity index (χ1n) is 5.56. The maximum atomic E-state index is 11.5. The van der Waals surface area contributed by atoms with Gasteiger partial charge < -0.3 is 21.5 Å². The molecule has 0 saturated carbocycles. The standard InChI is InChI=1S/C12H22O5.K.H/c1-9(2)10(3)11(16)17-5-4-12(6-13,7-14)8-15;;/h13-15H,4-8H2,1-3H3;;/q;+1;-1. The summed E-state index contributed by atoms with van der Waals surface area (Å²) in [5, 5.41) is 27.2. The molecule has 0 fully saturated rings. The van der Waals surface area contributed by atoms with E-state index >= 15 is 0 Å². The molecule has 0 radical (unpaired) electrons. The van der Waals surface area contributed by atoms with E-state index in [9.17, 15) is 4.79 Å². The summed E-state index contributed by atoms with van der Waals surface area (Å²) in [6.07, 6.45) is 0.221. The molecule has 0 heterocycles. The first kappa shape index (κ1) is 21.0. The number of hydrogen-bond donors (Lipinski definition) is 3. The number of aliphatic hydroxyl groups excluding tert-OH is 3. The van der Waals surface area contributed by atoms with E-state index in [4.69, 9.17) is 20.1 Å². The molecule has 0 aliphatic carbocycles. The van der Waals surface area contributed by atoms with Crippen molar-refractivity contribution in [1.29, 1.82) is 0 Å². The number of hydrogen-bond acceptors (Lipinski definition) is 5. The monoisotopic (exact) mass is 286 g/mol. The van der Waals surface area contributed by atoms with Crippen LogP contribution in [0.1, 0.15) is 28.6 Å². The maximum Gasteiger partial charge on any atom is 1.00 e. The van der Waals surface area contributed by atoms with Crippen LogP contribution in [0, 0.1) is 5.41 Å². The minimum absolute atomic E-state index is 0. The molecule has 0 spiro atoms. The van der Waals surface area contributed by atoms with Crippen LogP contribution in [0.15, 0.2) is 11.1 Å². The third kappa shape index (κ3) is 6.77. The van der Waals surface area contributed by atoms with Crippen molar-refractivity contribution in [3.63, 3.8) is 0 Å². The molecule has 5 nitrogen and oxygen atoms in total. The van der Waals surface area contributed by atoms with E-state index < -0.39 is 11.4 Å². The number of esters is 1. The Morgan fingerprint density at radius 2 is 1.56 bits per heavy atom. The predicted molar refractivity (Wildman–Crippen MR) is 64.4 cm³/mol. The normalized spacial score (nSPS) is 10.6. The van der Waals surface area contributed by atoms with Gasteiger partial charge in [-0.1, -0.05) is 5.57 Å². The van der Waals surface area contributed by atoms with Gasteiger partial charge >= 0.3 is 57.4 Å². The molecule has 0 bridgehead atoms. The zero-order valence-electron chi connectivity index (χ0n) is 12.7. The van der Waals surface area contributed by atoms with E-state index in [1.807, 2.05) is 13.8 Å². The van der Waals surface area contributed by atoms with Crippen molar-refractivity contribution in [3.05, 3.63) is 11.1 Å². The van der Waals surface area contributed by atoms with Crippen LogP contribution in [-0.4, -0.2) is 47.7 Å². The van der Waals surface area contributed by atoms with Gasteiger partial charge in [0.05, 0.1) is 26.4 Å². The van der Waals surface area contributed by atoms with Crippen LogP contribution in [0.3, 0.4) is 0 Å². The summed E-state index contributed by atoms with van der Waals surface area (Å²) < 4.78 is 5.00. The molecule has 0 atom stereocenters. The van der Waals surface area contributed by atoms with Gasteiger partial charge in [0.15, 0.2) is 0 Å². The van der Waals surface area contributed by atoms with E-state index in [0.717, 1.165) is 5.57 Å². The summed E-state index contributed by atoms with van der Waals surface area (Å²) >= 11 is 0. The molecule has 0 rings (SSSR count). The Bertz CT molecular complexity index is 278. The van der Waals surface area contributed by atoms with Crippen LogP contribution in [0.5, 0.6) is 0 Å². The summed E-state index contributed by atoms with van der Waals surface area (Å²) in [5.41, 5.74) is 0.444. The molecule has 0 aromatic carbocycles. The fourth-order valence-corrected chi connectivity index (χ4v) is 1.06. The zero-order valence-corrected chi connectivity index (χ0v) is 14.8. The first-order chi connectivity index (χ1) is 7.92. The summed E-state index contributed by atoms with van der Waals surface area (Å²) in [6.45, 7) is 4.32. The Labute approximate surface area is 152 Å². The van der Waals surface area contributed by atoms with Gasteiger partial charge in [-0.3, -0.25) is 0 Å². The Kier molecular flexibility index (Phi) is 12.3. The number of carbonyl (C=O) groups excluding carboxylic acids is 1. The second kappa shape index (κ2) is 10.5. The largest absolute Gasteiger partial charge is 1.00 e. The van der Waals surface area contributed by atoms with Crippen LogP contribution >= 0.6 is 0 Å². The Hall–Kier alpha value is 0.726. The number of allylic oxidation sites excluding steroid dienone is 1. The van der Waals surface area contributed by atoms with Gasteiger partial charge in [-0.2, -0.15) is 0 Å². The summed E-state index contributed by atoms with van der Waals surface area (Å²) in [6, 6.07) is 0. The third-order valence-corrected chi connectivity index (χ3v) is 2.93. The first-order valence-corrected chi connectivity index (χ1v) is 5.56. The van der Waals surface area contributed by atoms with Crippen molar-refractivity contribution in [2.75, 3.05) is 26.4 Å². The average molecular weight is 286 g/mol. The number of ether oxygens (including phenoxy) is 1. The quantitative estimate of drug-likeness (QED) is 0.270. The minimum atomic E-state index is -0.987. The zero-order chi connectivity index (χ0) is 13.5. The van der Waals surface area contributed by atoms with E-state index in [0.29, 0.717) is 5.57 Å². The number of carbonyl (C=O) groups is 1. The van der Waals surface area contributed by atoms with Gasteiger partial charge in [0.1, 0.15) is 0 Å². The summed E-state index contributed by atoms with van der Waals surface area (Å²) in [5.74, 6) is -0.410. The van der Waals surface area contributed by atoms with E-state index in [-0.39, 0.29) is 85.7 Å². The van der Waals surface area contributed by atoms with Crippen molar-refractivity contribution in [2.45, 2.75) is 27.2 Å². The molecule has 0 aromatic heterocycles. The maximum absolute atomic E-state index is 11.5. The second-order valence-electron chi connectivity index (χ2n) is 4.49. The topological polar surface area (TPSA) is 87.0 Å². The van der Waals surface area contributed by atoms with Crippen molar-refractivity contribution >= 4 is 5.97 Å². The van der Waals surface area contributed by atoms with Crippen molar-refractivity contribution in [3.8, 4) is 0 Å². The second-order valence-corrected chi connectivity index (χ2v) is 4.49. The fourth-order valence-electron chi connectivity index (χ4n) is 1.06. The van der Waals surface area contributed by atoms with Gasteiger partial charge in [0.25, 0.3) is 0 Å². The van der Waals surface area contributed by atoms with Crippen LogP contribution in [0.4, 0.5) is 0 Å². The number of aliphatic hydroxyl groups is 3. The SMILES string of the molecule is CC(C)=C(C)C(=O)OCCC(CO)(CO)CO.[H-].[K+]. The predicted octanol–water partition coefficient (Wildman–Crippen LogP) is -2.64. The molecule has 18 heavy (non-hydrogen) atoms. The Balaban J connectivity index is -0.00000128. The minimum Gasteiger partial charge on any atom is -1.00 e. The fraction of sp³-hybridized carbons (Fsp3) is 0.750. The molecule has 0 aliphatic rings. The molecular formula is C12H23KO5. The van der Waals surface area contributed by atoms with Gasteiger partial charge in [0, 0.05) is 11.0 Å². The molecular weight excluding hydrogens is 263 g/mol.